The molecule has 128 valence electrons. The van der Waals surface area contributed by atoms with Crippen molar-refractivity contribution in [2.24, 2.45) is 5.41 Å². The van der Waals surface area contributed by atoms with Crippen LogP contribution in [0.15, 0.2) is 29.4 Å². The Hall–Kier alpha value is -2.15. The third-order valence-electron chi connectivity index (χ3n) is 3.39. The monoisotopic (exact) mass is 346 g/mol. The molecule has 0 saturated carbocycles. The first kappa shape index (κ1) is 18.2. The van der Waals surface area contributed by atoms with Gasteiger partial charge in [0, 0.05) is 18.0 Å². The predicted octanol–water partition coefficient (Wildman–Crippen LogP) is 3.24. The fourth-order valence-electron chi connectivity index (χ4n) is 2.01. The van der Waals surface area contributed by atoms with Gasteiger partial charge in [0.05, 0.1) is 11.4 Å². The van der Waals surface area contributed by atoms with Crippen molar-refractivity contribution in [2.75, 3.05) is 11.1 Å². The zero-order valence-corrected chi connectivity index (χ0v) is 15.4. The molecule has 0 unspecified atom stereocenters. The van der Waals surface area contributed by atoms with Gasteiger partial charge in [-0.15, -0.1) is 10.2 Å². The van der Waals surface area contributed by atoms with Crippen LogP contribution in [0.25, 0.3) is 5.69 Å². The average Bonchev–Trinajstić information content (AvgIpc) is 2.84. The van der Waals surface area contributed by atoms with E-state index < -0.39 is 0 Å². The summed E-state index contributed by atoms with van der Waals surface area (Å²) >= 11 is 1.37. The number of benzene rings is 1. The lowest BCUT2D eigenvalue weighted by Gasteiger charge is -2.16. The van der Waals surface area contributed by atoms with Crippen molar-refractivity contribution in [3.8, 4) is 5.69 Å². The molecule has 2 rings (SSSR count). The highest BCUT2D eigenvalue weighted by molar-refractivity contribution is 7.99. The molecule has 0 radical (unpaired) electrons. The summed E-state index contributed by atoms with van der Waals surface area (Å²) in [5.74, 6) is 1.10. The second-order valence-electron chi connectivity index (χ2n) is 6.56. The molecule has 0 spiro atoms. The maximum Gasteiger partial charge on any atom is 0.221 e. The van der Waals surface area contributed by atoms with Gasteiger partial charge in [0.15, 0.2) is 5.16 Å². The number of thioether (sulfide) groups is 1. The number of carbonyl (C=O) groups is 2. The number of nitrogens with one attached hydrogen (secondary N) is 1. The summed E-state index contributed by atoms with van der Waals surface area (Å²) in [6.07, 6.45) is 0. The van der Waals surface area contributed by atoms with Crippen molar-refractivity contribution >= 4 is 29.1 Å². The molecule has 0 atom stereocenters. The number of aryl methyl sites for hydroxylation is 1. The number of carbonyl (C=O) groups excluding carboxylic acids is 2. The van der Waals surface area contributed by atoms with Gasteiger partial charge in [0.2, 0.25) is 5.91 Å². The first-order valence-electron chi connectivity index (χ1n) is 7.64. The minimum absolute atomic E-state index is 0.127. The quantitative estimate of drug-likeness (QED) is 0.841. The number of nitrogens with zero attached hydrogens (tertiary/aromatic N) is 3. The van der Waals surface area contributed by atoms with Crippen LogP contribution in [0.5, 0.6) is 0 Å². The highest BCUT2D eigenvalue weighted by Crippen LogP contribution is 2.26. The second-order valence-corrected chi connectivity index (χ2v) is 7.50. The van der Waals surface area contributed by atoms with Crippen LogP contribution in [0, 0.1) is 12.3 Å². The summed E-state index contributed by atoms with van der Waals surface area (Å²) in [7, 11) is 0. The molecular weight excluding hydrogens is 324 g/mol. The number of Topliss-reactive ketones (excluding diaryl/α,β-unsaturated/α-hetero) is 1. The van der Waals surface area contributed by atoms with Gasteiger partial charge < -0.3 is 5.32 Å². The molecule has 6 nitrogen and oxygen atoms in total. The fraction of sp³-hybridized carbons (Fsp3) is 0.412. The number of aromatic nitrogens is 3. The van der Waals surface area contributed by atoms with E-state index in [0.717, 1.165) is 11.5 Å². The number of ketones is 1. The van der Waals surface area contributed by atoms with Gasteiger partial charge in [0.25, 0.3) is 0 Å². The van der Waals surface area contributed by atoms with Crippen molar-refractivity contribution in [3.05, 3.63) is 30.1 Å². The van der Waals surface area contributed by atoms with Crippen LogP contribution in [0.3, 0.4) is 0 Å². The van der Waals surface area contributed by atoms with Crippen LogP contribution in [-0.4, -0.2) is 32.2 Å². The standard InChI is InChI=1S/C17H22N4O2S/c1-11-19-20-16(24-10-15(23)17(3,4)5)21(11)14-8-6-7-13(9-14)18-12(2)22/h6-9H,10H2,1-5H3,(H,18,22). The van der Waals surface area contributed by atoms with E-state index >= 15 is 0 Å². The third kappa shape index (κ3) is 4.44. The van der Waals surface area contributed by atoms with Gasteiger partial charge in [-0.1, -0.05) is 38.6 Å². The lowest BCUT2D eigenvalue weighted by atomic mass is 9.92. The van der Waals surface area contributed by atoms with E-state index in [1.54, 1.807) is 0 Å². The van der Waals surface area contributed by atoms with Gasteiger partial charge in [-0.25, -0.2) is 0 Å². The summed E-state index contributed by atoms with van der Waals surface area (Å²) < 4.78 is 1.88. The van der Waals surface area contributed by atoms with E-state index in [1.807, 2.05) is 56.5 Å². The fourth-order valence-corrected chi connectivity index (χ4v) is 3.16. The Kier molecular flexibility index (Phi) is 5.43. The summed E-state index contributed by atoms with van der Waals surface area (Å²) in [5.41, 5.74) is 1.17. The SMILES string of the molecule is CC(=O)Nc1cccc(-n2c(C)nnc2SCC(=O)C(C)(C)C)c1. The molecule has 1 amide bonds. The maximum absolute atomic E-state index is 12.1. The van der Waals surface area contributed by atoms with Crippen molar-refractivity contribution in [1.29, 1.82) is 0 Å². The molecule has 2 aromatic rings. The van der Waals surface area contributed by atoms with E-state index in [0.29, 0.717) is 16.6 Å². The molecule has 0 aliphatic heterocycles. The highest BCUT2D eigenvalue weighted by Gasteiger charge is 2.22. The Labute approximate surface area is 146 Å². The van der Waals surface area contributed by atoms with Crippen molar-refractivity contribution in [3.63, 3.8) is 0 Å². The average molecular weight is 346 g/mol. The lowest BCUT2D eigenvalue weighted by Crippen LogP contribution is -2.22. The van der Waals surface area contributed by atoms with E-state index in [9.17, 15) is 9.59 Å². The summed E-state index contributed by atoms with van der Waals surface area (Å²) in [5, 5.41) is 11.7. The molecular formula is C17H22N4O2S. The minimum atomic E-state index is -0.377. The van der Waals surface area contributed by atoms with Crippen LogP contribution in [0.2, 0.25) is 0 Å². The van der Waals surface area contributed by atoms with E-state index in [4.69, 9.17) is 0 Å². The third-order valence-corrected chi connectivity index (χ3v) is 4.32. The van der Waals surface area contributed by atoms with Gasteiger partial charge >= 0.3 is 0 Å². The zero-order chi connectivity index (χ0) is 17.9. The molecule has 7 heteroatoms. The molecule has 1 N–H and O–H groups in total. The van der Waals surface area contributed by atoms with Gasteiger partial charge in [-0.2, -0.15) is 0 Å². The minimum Gasteiger partial charge on any atom is -0.326 e. The Morgan fingerprint density at radius 3 is 2.58 bits per heavy atom. The maximum atomic E-state index is 12.1. The molecule has 1 heterocycles. The van der Waals surface area contributed by atoms with Crippen LogP contribution in [-0.2, 0) is 9.59 Å². The molecule has 0 aliphatic carbocycles. The van der Waals surface area contributed by atoms with Crippen molar-refractivity contribution in [1.82, 2.24) is 14.8 Å². The van der Waals surface area contributed by atoms with Crippen LogP contribution in [0.4, 0.5) is 5.69 Å². The van der Waals surface area contributed by atoms with Crippen LogP contribution in [0.1, 0.15) is 33.5 Å². The topological polar surface area (TPSA) is 76.9 Å². The Morgan fingerprint density at radius 1 is 1.25 bits per heavy atom. The van der Waals surface area contributed by atoms with E-state index in [-0.39, 0.29) is 17.1 Å². The highest BCUT2D eigenvalue weighted by atomic mass is 32.2. The number of hydrogen-bond donors (Lipinski definition) is 1. The van der Waals surface area contributed by atoms with Gasteiger partial charge in [0.1, 0.15) is 11.6 Å². The first-order valence-corrected chi connectivity index (χ1v) is 8.63. The van der Waals surface area contributed by atoms with Crippen molar-refractivity contribution < 1.29 is 9.59 Å². The molecule has 1 aromatic carbocycles. The zero-order valence-electron chi connectivity index (χ0n) is 14.6. The van der Waals surface area contributed by atoms with Gasteiger partial charge in [-0.3, -0.25) is 14.2 Å². The van der Waals surface area contributed by atoms with E-state index in [2.05, 4.69) is 15.5 Å². The Morgan fingerprint density at radius 2 is 1.96 bits per heavy atom. The molecule has 0 fully saturated rings. The smallest absolute Gasteiger partial charge is 0.221 e. The first-order chi connectivity index (χ1) is 11.2. The summed E-state index contributed by atoms with van der Waals surface area (Å²) in [6.45, 7) is 9.04. The molecule has 0 bridgehead atoms. The number of hydrogen-bond acceptors (Lipinski definition) is 5. The molecule has 0 saturated heterocycles. The number of anilines is 1. The van der Waals surface area contributed by atoms with Gasteiger partial charge in [-0.05, 0) is 25.1 Å². The second kappa shape index (κ2) is 7.17. The predicted molar refractivity (Wildman–Crippen MR) is 95.6 cm³/mol. The van der Waals surface area contributed by atoms with Crippen LogP contribution < -0.4 is 5.32 Å². The molecule has 24 heavy (non-hydrogen) atoms. The molecule has 1 aromatic heterocycles. The molecule has 0 aliphatic rings. The largest absolute Gasteiger partial charge is 0.326 e. The lowest BCUT2D eigenvalue weighted by molar-refractivity contribution is -0.123. The Bertz CT molecular complexity index is 762. The number of rotatable bonds is 5. The normalized spacial score (nSPS) is 11.4. The van der Waals surface area contributed by atoms with Crippen molar-refractivity contribution in [2.45, 2.75) is 39.8 Å². The summed E-state index contributed by atoms with van der Waals surface area (Å²) in [6, 6.07) is 7.44. The summed E-state index contributed by atoms with van der Waals surface area (Å²) in [4.78, 5) is 23.4. The number of amides is 1. The Balaban J connectivity index is 2.27. The van der Waals surface area contributed by atoms with Crippen LogP contribution >= 0.6 is 11.8 Å². The van der Waals surface area contributed by atoms with E-state index in [1.165, 1.54) is 18.7 Å².